The monoisotopic (exact) mass is 296 g/mol. The third-order valence-electron chi connectivity index (χ3n) is 5.05. The van der Waals surface area contributed by atoms with Gasteiger partial charge in [-0.2, -0.15) is 0 Å². The highest BCUT2D eigenvalue weighted by Crippen LogP contribution is 2.31. The van der Waals surface area contributed by atoms with E-state index in [1.165, 1.54) is 42.7 Å². The van der Waals surface area contributed by atoms with E-state index >= 15 is 0 Å². The predicted molar refractivity (Wildman–Crippen MR) is 86.8 cm³/mol. The van der Waals surface area contributed by atoms with Crippen LogP contribution in [0.25, 0.3) is 0 Å². The fourth-order valence-electron chi connectivity index (χ4n) is 3.73. The van der Waals surface area contributed by atoms with E-state index in [2.05, 4.69) is 35.2 Å². The van der Waals surface area contributed by atoms with Crippen molar-refractivity contribution in [2.24, 2.45) is 0 Å². The van der Waals surface area contributed by atoms with Crippen molar-refractivity contribution in [1.82, 2.24) is 9.88 Å². The molecule has 1 aliphatic heterocycles. The van der Waals surface area contributed by atoms with Crippen LogP contribution in [0.5, 0.6) is 0 Å². The summed E-state index contributed by atoms with van der Waals surface area (Å²) in [6, 6.07) is 10.8. The van der Waals surface area contributed by atoms with Gasteiger partial charge < -0.3 is 4.42 Å². The summed E-state index contributed by atoms with van der Waals surface area (Å²) in [6.07, 6.45) is 7.09. The fourth-order valence-corrected chi connectivity index (χ4v) is 3.73. The van der Waals surface area contributed by atoms with E-state index in [0.29, 0.717) is 5.92 Å². The molecule has 2 aliphatic rings. The molecule has 0 N–H and O–H groups in total. The fraction of sp³-hybridized carbons (Fsp3) is 0.526. The molecule has 2 heterocycles. The number of piperidine rings is 1. The molecule has 0 spiro atoms. The van der Waals surface area contributed by atoms with Gasteiger partial charge in [0, 0.05) is 18.9 Å². The Balaban J connectivity index is 1.36. The number of nitrogens with zero attached hydrogens (tertiary/aromatic N) is 2. The Hall–Kier alpha value is -1.61. The number of aryl methyl sites for hydroxylation is 2. The van der Waals surface area contributed by atoms with Gasteiger partial charge in [-0.15, -0.1) is 0 Å². The lowest BCUT2D eigenvalue weighted by atomic mass is 9.96. The number of rotatable bonds is 3. The van der Waals surface area contributed by atoms with Crippen LogP contribution >= 0.6 is 0 Å². The SMILES string of the molecule is c1ccc(CN2CCC(c3nc4c(o3)CCCC4)CC2)cc1. The molecule has 0 unspecified atom stereocenters. The lowest BCUT2D eigenvalue weighted by Gasteiger charge is -2.30. The van der Waals surface area contributed by atoms with Crippen molar-refractivity contribution in [3.8, 4) is 0 Å². The van der Waals surface area contributed by atoms with Crippen molar-refractivity contribution in [3.63, 3.8) is 0 Å². The van der Waals surface area contributed by atoms with Crippen LogP contribution in [-0.4, -0.2) is 23.0 Å². The first-order valence-corrected chi connectivity index (χ1v) is 8.63. The van der Waals surface area contributed by atoms with Crippen molar-refractivity contribution >= 4 is 0 Å². The number of likely N-dealkylation sites (tertiary alicyclic amines) is 1. The molecule has 2 aromatic rings. The number of oxazole rings is 1. The molecule has 1 aromatic carbocycles. The largest absolute Gasteiger partial charge is 0.445 e. The van der Waals surface area contributed by atoms with Crippen LogP contribution in [0.3, 0.4) is 0 Å². The molecule has 22 heavy (non-hydrogen) atoms. The maximum absolute atomic E-state index is 6.07. The molecule has 0 amide bonds. The summed E-state index contributed by atoms with van der Waals surface area (Å²) in [4.78, 5) is 7.35. The van der Waals surface area contributed by atoms with Gasteiger partial charge in [0.1, 0.15) is 5.76 Å². The lowest BCUT2D eigenvalue weighted by molar-refractivity contribution is 0.192. The van der Waals surface area contributed by atoms with Gasteiger partial charge in [0.25, 0.3) is 0 Å². The zero-order valence-corrected chi connectivity index (χ0v) is 13.1. The van der Waals surface area contributed by atoms with Crippen LogP contribution in [0.1, 0.15) is 54.5 Å². The van der Waals surface area contributed by atoms with E-state index in [1.807, 2.05) is 0 Å². The maximum atomic E-state index is 6.07. The topological polar surface area (TPSA) is 29.3 Å². The summed E-state index contributed by atoms with van der Waals surface area (Å²) in [6.45, 7) is 3.36. The van der Waals surface area contributed by atoms with Gasteiger partial charge in [-0.05, 0) is 50.8 Å². The smallest absolute Gasteiger partial charge is 0.197 e. The van der Waals surface area contributed by atoms with Crippen molar-refractivity contribution in [3.05, 3.63) is 53.2 Å². The van der Waals surface area contributed by atoms with Gasteiger partial charge in [-0.3, -0.25) is 4.90 Å². The van der Waals surface area contributed by atoms with E-state index in [9.17, 15) is 0 Å². The molecular formula is C19H24N2O. The first-order valence-electron chi connectivity index (χ1n) is 8.63. The minimum Gasteiger partial charge on any atom is -0.445 e. The molecule has 116 valence electrons. The van der Waals surface area contributed by atoms with Crippen LogP contribution in [-0.2, 0) is 19.4 Å². The predicted octanol–water partition coefficient (Wildman–Crippen LogP) is 3.93. The van der Waals surface area contributed by atoms with Gasteiger partial charge >= 0.3 is 0 Å². The molecule has 3 nitrogen and oxygen atoms in total. The Kier molecular flexibility index (Phi) is 3.98. The first-order chi connectivity index (χ1) is 10.9. The van der Waals surface area contributed by atoms with E-state index in [1.54, 1.807) is 0 Å². The second-order valence-electron chi connectivity index (χ2n) is 6.67. The van der Waals surface area contributed by atoms with Crippen LogP contribution < -0.4 is 0 Å². The minimum absolute atomic E-state index is 0.526. The van der Waals surface area contributed by atoms with Crippen LogP contribution in [0, 0.1) is 0 Å². The Labute approximate surface area is 132 Å². The highest BCUT2D eigenvalue weighted by Gasteiger charge is 2.26. The quantitative estimate of drug-likeness (QED) is 0.859. The van der Waals surface area contributed by atoms with Gasteiger partial charge in [-0.1, -0.05) is 30.3 Å². The molecule has 0 atom stereocenters. The van der Waals surface area contributed by atoms with Crippen molar-refractivity contribution < 1.29 is 4.42 Å². The van der Waals surface area contributed by atoms with Gasteiger partial charge in [0.2, 0.25) is 0 Å². The first kappa shape index (κ1) is 14.0. The standard InChI is InChI=1S/C19H24N2O/c1-2-6-15(7-3-1)14-21-12-10-16(11-13-21)19-20-17-8-4-5-9-18(17)22-19/h1-3,6-7,16H,4-5,8-14H2. The molecule has 3 heteroatoms. The minimum atomic E-state index is 0.526. The van der Waals surface area contributed by atoms with Crippen LogP contribution in [0.4, 0.5) is 0 Å². The number of aromatic nitrogens is 1. The number of benzene rings is 1. The molecule has 1 saturated heterocycles. The Morgan fingerprint density at radius 3 is 2.59 bits per heavy atom. The normalized spacial score (nSPS) is 20.0. The van der Waals surface area contributed by atoms with Gasteiger partial charge in [0.15, 0.2) is 5.89 Å². The average molecular weight is 296 g/mol. The van der Waals surface area contributed by atoms with Crippen molar-refractivity contribution in [2.45, 2.75) is 51.0 Å². The highest BCUT2D eigenvalue weighted by atomic mass is 16.4. The summed E-state index contributed by atoms with van der Waals surface area (Å²) in [5.74, 6) is 2.72. The highest BCUT2D eigenvalue weighted by molar-refractivity contribution is 5.16. The zero-order chi connectivity index (χ0) is 14.8. The van der Waals surface area contributed by atoms with Crippen LogP contribution in [0.2, 0.25) is 0 Å². The molecule has 0 saturated carbocycles. The van der Waals surface area contributed by atoms with Crippen molar-refractivity contribution in [2.75, 3.05) is 13.1 Å². The summed E-state index contributed by atoms with van der Waals surface area (Å²) < 4.78 is 6.07. The van der Waals surface area contributed by atoms with Gasteiger partial charge in [-0.25, -0.2) is 4.98 Å². The summed E-state index contributed by atoms with van der Waals surface area (Å²) in [7, 11) is 0. The third-order valence-corrected chi connectivity index (χ3v) is 5.05. The average Bonchev–Trinajstić information content (AvgIpc) is 3.00. The summed E-state index contributed by atoms with van der Waals surface area (Å²) in [5.41, 5.74) is 2.65. The number of hydrogen-bond acceptors (Lipinski definition) is 3. The molecule has 1 fully saturated rings. The second-order valence-corrected chi connectivity index (χ2v) is 6.67. The van der Waals surface area contributed by atoms with Crippen LogP contribution in [0.15, 0.2) is 34.7 Å². The lowest BCUT2D eigenvalue weighted by Crippen LogP contribution is -2.32. The van der Waals surface area contributed by atoms with E-state index in [4.69, 9.17) is 9.40 Å². The molecule has 0 radical (unpaired) electrons. The Morgan fingerprint density at radius 2 is 1.82 bits per heavy atom. The van der Waals surface area contributed by atoms with Gasteiger partial charge in [0.05, 0.1) is 5.69 Å². The number of hydrogen-bond donors (Lipinski definition) is 0. The van der Waals surface area contributed by atoms with E-state index < -0.39 is 0 Å². The number of fused-ring (bicyclic) bond motifs is 1. The molecule has 1 aliphatic carbocycles. The molecule has 4 rings (SSSR count). The second kappa shape index (κ2) is 6.25. The maximum Gasteiger partial charge on any atom is 0.197 e. The molecule has 1 aromatic heterocycles. The van der Waals surface area contributed by atoms with E-state index in [-0.39, 0.29) is 0 Å². The molecular weight excluding hydrogens is 272 g/mol. The summed E-state index contributed by atoms with van der Waals surface area (Å²) in [5, 5.41) is 0. The van der Waals surface area contributed by atoms with E-state index in [0.717, 1.165) is 38.4 Å². The molecule has 0 bridgehead atoms. The zero-order valence-electron chi connectivity index (χ0n) is 13.1. The van der Waals surface area contributed by atoms with Crippen molar-refractivity contribution in [1.29, 1.82) is 0 Å². The summed E-state index contributed by atoms with van der Waals surface area (Å²) >= 11 is 0. The third kappa shape index (κ3) is 2.95. The Morgan fingerprint density at radius 1 is 1.05 bits per heavy atom. The Bertz CT molecular complexity index is 588.